The van der Waals surface area contributed by atoms with Crippen molar-refractivity contribution in [3.05, 3.63) is 60.2 Å². The molecular formula is C19H20N2O2. The number of nitrogens with zero attached hydrogens (tertiary/aromatic N) is 2. The summed E-state index contributed by atoms with van der Waals surface area (Å²) < 4.78 is 5.64. The second-order valence-corrected chi connectivity index (χ2v) is 5.49. The predicted molar refractivity (Wildman–Crippen MR) is 91.9 cm³/mol. The molecule has 0 aliphatic carbocycles. The van der Waals surface area contributed by atoms with E-state index in [0.29, 0.717) is 6.42 Å². The van der Waals surface area contributed by atoms with Gasteiger partial charge in [-0.15, -0.1) is 0 Å². The smallest absolute Gasteiger partial charge is 0.253 e. The highest BCUT2D eigenvalue weighted by Gasteiger charge is 2.25. The van der Waals surface area contributed by atoms with Gasteiger partial charge in [0.15, 0.2) is 0 Å². The van der Waals surface area contributed by atoms with Crippen molar-refractivity contribution in [3.63, 3.8) is 0 Å². The molecule has 1 heterocycles. The number of ether oxygens (including phenoxy) is 1. The van der Waals surface area contributed by atoms with Crippen LogP contribution in [0.5, 0.6) is 5.75 Å². The monoisotopic (exact) mass is 308 g/mol. The van der Waals surface area contributed by atoms with E-state index in [-0.39, 0.29) is 5.91 Å². The number of anilines is 1. The lowest BCUT2D eigenvalue weighted by atomic mass is 10.1. The Labute approximate surface area is 136 Å². The fourth-order valence-corrected chi connectivity index (χ4v) is 2.44. The number of carbonyl (C=O) groups is 1. The number of benzene rings is 2. The van der Waals surface area contributed by atoms with E-state index in [2.05, 4.69) is 12.0 Å². The van der Waals surface area contributed by atoms with Gasteiger partial charge in [-0.1, -0.05) is 43.7 Å². The summed E-state index contributed by atoms with van der Waals surface area (Å²) in [6.07, 6.45) is 2.48. The van der Waals surface area contributed by atoms with Gasteiger partial charge in [0, 0.05) is 0 Å². The Bertz CT molecular complexity index is 693. The van der Waals surface area contributed by atoms with Gasteiger partial charge in [-0.25, -0.2) is 5.01 Å². The Kier molecular flexibility index (Phi) is 4.71. The summed E-state index contributed by atoms with van der Waals surface area (Å²) in [6, 6.07) is 17.3. The molecule has 4 nitrogen and oxygen atoms in total. The summed E-state index contributed by atoms with van der Waals surface area (Å²) in [5.41, 5.74) is 2.56. The SMILES string of the molecule is CCCCOc1ccc(N2N=C(c3ccccc3)CC2=O)cc1. The maximum absolute atomic E-state index is 12.2. The van der Waals surface area contributed by atoms with Crippen LogP contribution in [0.3, 0.4) is 0 Å². The van der Waals surface area contributed by atoms with Crippen LogP contribution in [0.2, 0.25) is 0 Å². The van der Waals surface area contributed by atoms with Gasteiger partial charge in [0.1, 0.15) is 5.75 Å². The standard InChI is InChI=1S/C19H20N2O2/c1-2-3-13-23-17-11-9-16(10-12-17)21-19(22)14-18(20-21)15-7-5-4-6-8-15/h4-12H,2-3,13-14H2,1H3. The molecule has 0 N–H and O–H groups in total. The maximum Gasteiger partial charge on any atom is 0.253 e. The molecule has 1 amide bonds. The summed E-state index contributed by atoms with van der Waals surface area (Å²) >= 11 is 0. The molecule has 3 rings (SSSR count). The van der Waals surface area contributed by atoms with Crippen LogP contribution in [0.1, 0.15) is 31.7 Å². The van der Waals surface area contributed by atoms with Crippen molar-refractivity contribution in [2.45, 2.75) is 26.2 Å². The van der Waals surface area contributed by atoms with Crippen LogP contribution in [-0.2, 0) is 4.79 Å². The summed E-state index contributed by atoms with van der Waals surface area (Å²) in [6.45, 7) is 2.85. The Hall–Kier alpha value is -2.62. The number of hydrogen-bond acceptors (Lipinski definition) is 3. The zero-order chi connectivity index (χ0) is 16.1. The number of rotatable bonds is 6. The number of hydrazone groups is 1. The lowest BCUT2D eigenvalue weighted by Crippen LogP contribution is -2.19. The summed E-state index contributed by atoms with van der Waals surface area (Å²) in [4.78, 5) is 12.2. The molecule has 4 heteroatoms. The Morgan fingerprint density at radius 1 is 1.09 bits per heavy atom. The van der Waals surface area contributed by atoms with Gasteiger partial charge in [0.25, 0.3) is 5.91 Å². The number of unbranched alkanes of at least 4 members (excludes halogenated alkanes) is 1. The molecule has 0 spiro atoms. The molecule has 23 heavy (non-hydrogen) atoms. The minimum atomic E-state index is -0.0106. The molecule has 0 bridgehead atoms. The number of carbonyl (C=O) groups excluding carboxylic acids is 1. The summed E-state index contributed by atoms with van der Waals surface area (Å²) in [7, 11) is 0. The van der Waals surface area contributed by atoms with Crippen molar-refractivity contribution < 1.29 is 9.53 Å². The second-order valence-electron chi connectivity index (χ2n) is 5.49. The first-order valence-electron chi connectivity index (χ1n) is 7.96. The summed E-state index contributed by atoms with van der Waals surface area (Å²) in [5, 5.41) is 5.94. The third-order valence-electron chi connectivity index (χ3n) is 3.73. The molecule has 0 radical (unpaired) electrons. The summed E-state index contributed by atoms with van der Waals surface area (Å²) in [5.74, 6) is 0.810. The van der Waals surface area contributed by atoms with E-state index in [1.54, 1.807) is 0 Å². The number of amides is 1. The lowest BCUT2D eigenvalue weighted by Gasteiger charge is -2.12. The second kappa shape index (κ2) is 7.09. The Balaban J connectivity index is 1.73. The van der Waals surface area contributed by atoms with Crippen LogP contribution in [0.4, 0.5) is 5.69 Å². The van der Waals surface area contributed by atoms with Crippen LogP contribution in [-0.4, -0.2) is 18.2 Å². The largest absolute Gasteiger partial charge is 0.494 e. The van der Waals surface area contributed by atoms with Gasteiger partial charge in [-0.2, -0.15) is 5.10 Å². The molecule has 1 aliphatic rings. The number of hydrogen-bond donors (Lipinski definition) is 0. The minimum Gasteiger partial charge on any atom is -0.494 e. The molecule has 0 unspecified atom stereocenters. The minimum absolute atomic E-state index is 0.0106. The Morgan fingerprint density at radius 2 is 1.83 bits per heavy atom. The van der Waals surface area contributed by atoms with Gasteiger partial charge in [-0.05, 0) is 36.2 Å². The van der Waals surface area contributed by atoms with E-state index in [9.17, 15) is 4.79 Å². The van der Waals surface area contributed by atoms with Gasteiger partial charge in [0.2, 0.25) is 0 Å². The van der Waals surface area contributed by atoms with Crippen molar-refractivity contribution in [3.8, 4) is 5.75 Å². The molecular weight excluding hydrogens is 288 g/mol. The molecule has 0 saturated carbocycles. The predicted octanol–water partition coefficient (Wildman–Crippen LogP) is 4.01. The van der Waals surface area contributed by atoms with E-state index in [1.165, 1.54) is 5.01 Å². The maximum atomic E-state index is 12.2. The van der Waals surface area contributed by atoms with E-state index < -0.39 is 0 Å². The first-order valence-corrected chi connectivity index (χ1v) is 7.96. The average molecular weight is 308 g/mol. The highest BCUT2D eigenvalue weighted by molar-refractivity contribution is 6.19. The normalized spacial score (nSPS) is 14.0. The molecule has 0 saturated heterocycles. The van der Waals surface area contributed by atoms with Crippen LogP contribution in [0.25, 0.3) is 0 Å². The van der Waals surface area contributed by atoms with E-state index in [4.69, 9.17) is 4.74 Å². The molecule has 1 aliphatic heterocycles. The van der Waals surface area contributed by atoms with Gasteiger partial charge in [0.05, 0.1) is 24.4 Å². The highest BCUT2D eigenvalue weighted by Crippen LogP contribution is 2.25. The average Bonchev–Trinajstić information content (AvgIpc) is 2.98. The highest BCUT2D eigenvalue weighted by atomic mass is 16.5. The molecule has 0 atom stereocenters. The first-order chi connectivity index (χ1) is 11.3. The zero-order valence-electron chi connectivity index (χ0n) is 13.2. The van der Waals surface area contributed by atoms with Crippen LogP contribution in [0, 0.1) is 0 Å². The zero-order valence-corrected chi connectivity index (χ0v) is 13.2. The molecule has 0 fully saturated rings. The molecule has 2 aromatic carbocycles. The van der Waals surface area contributed by atoms with Crippen molar-refractivity contribution in [2.24, 2.45) is 5.10 Å². The van der Waals surface area contributed by atoms with Crippen molar-refractivity contribution >= 4 is 17.3 Å². The molecule has 118 valence electrons. The van der Waals surface area contributed by atoms with E-state index in [1.807, 2.05) is 54.6 Å². The van der Waals surface area contributed by atoms with Crippen molar-refractivity contribution in [1.82, 2.24) is 0 Å². The third kappa shape index (κ3) is 3.59. The van der Waals surface area contributed by atoms with Crippen molar-refractivity contribution in [1.29, 1.82) is 0 Å². The quantitative estimate of drug-likeness (QED) is 0.757. The topological polar surface area (TPSA) is 41.9 Å². The first kappa shape index (κ1) is 15.3. The fraction of sp³-hybridized carbons (Fsp3) is 0.263. The fourth-order valence-electron chi connectivity index (χ4n) is 2.44. The third-order valence-corrected chi connectivity index (χ3v) is 3.73. The Morgan fingerprint density at radius 3 is 2.52 bits per heavy atom. The molecule has 0 aromatic heterocycles. The lowest BCUT2D eigenvalue weighted by molar-refractivity contribution is -0.116. The van der Waals surface area contributed by atoms with E-state index >= 15 is 0 Å². The van der Waals surface area contributed by atoms with Gasteiger partial charge >= 0.3 is 0 Å². The van der Waals surface area contributed by atoms with E-state index in [0.717, 1.165) is 42.2 Å². The van der Waals surface area contributed by atoms with Gasteiger partial charge in [-0.3, -0.25) is 4.79 Å². The van der Waals surface area contributed by atoms with Crippen molar-refractivity contribution in [2.75, 3.05) is 11.6 Å². The molecule has 2 aromatic rings. The van der Waals surface area contributed by atoms with Crippen LogP contribution >= 0.6 is 0 Å². The van der Waals surface area contributed by atoms with Crippen LogP contribution in [0.15, 0.2) is 59.7 Å². The van der Waals surface area contributed by atoms with Crippen LogP contribution < -0.4 is 9.75 Å². The van der Waals surface area contributed by atoms with Gasteiger partial charge < -0.3 is 4.74 Å².